The number of fused-ring (bicyclic) bond motifs is 1. The molecule has 0 spiro atoms. The van der Waals surface area contributed by atoms with E-state index in [0.29, 0.717) is 25.1 Å². The van der Waals surface area contributed by atoms with Gasteiger partial charge in [0.05, 0.1) is 11.7 Å². The molecule has 0 radical (unpaired) electrons. The smallest absolute Gasteiger partial charge is 0.257 e. The van der Waals surface area contributed by atoms with Crippen molar-refractivity contribution in [3.8, 4) is 0 Å². The number of rotatable bonds is 1. The van der Waals surface area contributed by atoms with E-state index in [1.807, 2.05) is 24.3 Å². The monoisotopic (exact) mass is 231 g/mol. The molecule has 0 bridgehead atoms. The number of carbonyl (C=O) groups excluding carboxylic acids is 1. The topological polar surface area (TPSA) is 53.7 Å². The van der Waals surface area contributed by atoms with Crippen LogP contribution in [0.25, 0.3) is 11.0 Å². The standard InChI is InChI=1S/C13H13NO3/c15-9-5-6-14(7-9)13(16)11-8-17-12-4-2-1-3-10(11)12/h1-4,8-9,15H,5-7H2/t9-/m0/s1. The molecule has 88 valence electrons. The summed E-state index contributed by atoms with van der Waals surface area (Å²) < 4.78 is 5.35. The maximum atomic E-state index is 12.2. The molecule has 1 fully saturated rings. The molecule has 1 aliphatic rings. The molecule has 2 aromatic rings. The summed E-state index contributed by atoms with van der Waals surface area (Å²) in [6.45, 7) is 1.03. The number of aliphatic hydroxyl groups is 1. The number of benzene rings is 1. The van der Waals surface area contributed by atoms with Gasteiger partial charge in [-0.2, -0.15) is 0 Å². The van der Waals surface area contributed by atoms with Gasteiger partial charge in [-0.3, -0.25) is 4.79 Å². The van der Waals surface area contributed by atoms with Gasteiger partial charge in [-0.15, -0.1) is 0 Å². The maximum Gasteiger partial charge on any atom is 0.257 e. The first-order chi connectivity index (χ1) is 8.25. The Hall–Kier alpha value is -1.81. The average Bonchev–Trinajstić information content (AvgIpc) is 2.94. The van der Waals surface area contributed by atoms with Crippen LogP contribution in [0.2, 0.25) is 0 Å². The van der Waals surface area contributed by atoms with Crippen molar-refractivity contribution in [2.75, 3.05) is 13.1 Å². The lowest BCUT2D eigenvalue weighted by atomic mass is 10.1. The minimum atomic E-state index is -0.392. The summed E-state index contributed by atoms with van der Waals surface area (Å²) in [6.07, 6.45) is 1.76. The second-order valence-corrected chi connectivity index (χ2v) is 4.34. The van der Waals surface area contributed by atoms with Crippen LogP contribution in [0.4, 0.5) is 0 Å². The lowest BCUT2D eigenvalue weighted by molar-refractivity contribution is 0.0766. The van der Waals surface area contributed by atoms with Crippen LogP contribution in [0, 0.1) is 0 Å². The summed E-state index contributed by atoms with van der Waals surface area (Å²) in [4.78, 5) is 13.9. The van der Waals surface area contributed by atoms with Gasteiger partial charge >= 0.3 is 0 Å². The first kappa shape index (κ1) is 10.4. The van der Waals surface area contributed by atoms with Gasteiger partial charge in [0.1, 0.15) is 11.8 Å². The summed E-state index contributed by atoms with van der Waals surface area (Å²) in [5, 5.41) is 10.3. The van der Waals surface area contributed by atoms with Gasteiger partial charge in [-0.1, -0.05) is 18.2 Å². The predicted molar refractivity (Wildman–Crippen MR) is 62.7 cm³/mol. The normalized spacial score (nSPS) is 20.1. The van der Waals surface area contributed by atoms with Crippen LogP contribution in [0.3, 0.4) is 0 Å². The molecule has 17 heavy (non-hydrogen) atoms. The number of β-amino-alcohol motifs (C(OH)–C–C–N with tert-alkyl or cyclic N) is 1. The average molecular weight is 231 g/mol. The fraction of sp³-hybridized carbons (Fsp3) is 0.308. The first-order valence-corrected chi connectivity index (χ1v) is 5.69. The summed E-state index contributed by atoms with van der Waals surface area (Å²) in [5.41, 5.74) is 1.30. The zero-order chi connectivity index (χ0) is 11.8. The minimum Gasteiger partial charge on any atom is -0.463 e. The van der Waals surface area contributed by atoms with Crippen molar-refractivity contribution in [3.05, 3.63) is 36.1 Å². The fourth-order valence-electron chi connectivity index (χ4n) is 2.24. The van der Waals surface area contributed by atoms with E-state index < -0.39 is 6.10 Å². The Morgan fingerprint density at radius 3 is 3.00 bits per heavy atom. The number of hydrogen-bond acceptors (Lipinski definition) is 3. The largest absolute Gasteiger partial charge is 0.463 e. The minimum absolute atomic E-state index is 0.0634. The van der Waals surface area contributed by atoms with Crippen molar-refractivity contribution >= 4 is 16.9 Å². The van der Waals surface area contributed by atoms with Gasteiger partial charge in [0.15, 0.2) is 0 Å². The maximum absolute atomic E-state index is 12.2. The Kier molecular flexibility index (Phi) is 2.37. The molecule has 1 aliphatic heterocycles. The van der Waals surface area contributed by atoms with Crippen LogP contribution in [0.15, 0.2) is 34.9 Å². The van der Waals surface area contributed by atoms with Gasteiger partial charge < -0.3 is 14.4 Å². The molecule has 1 amide bonds. The van der Waals surface area contributed by atoms with Gasteiger partial charge in [-0.25, -0.2) is 0 Å². The lowest BCUT2D eigenvalue weighted by Gasteiger charge is -2.14. The molecule has 0 saturated carbocycles. The van der Waals surface area contributed by atoms with Gasteiger partial charge in [0.2, 0.25) is 0 Å². The number of amides is 1. The van der Waals surface area contributed by atoms with Gasteiger partial charge in [-0.05, 0) is 12.5 Å². The van der Waals surface area contributed by atoms with E-state index in [1.165, 1.54) is 6.26 Å². The zero-order valence-corrected chi connectivity index (χ0v) is 9.30. The number of para-hydroxylation sites is 1. The summed E-state index contributed by atoms with van der Waals surface area (Å²) in [7, 11) is 0. The van der Waals surface area contributed by atoms with Crippen molar-refractivity contribution < 1.29 is 14.3 Å². The Bertz CT molecular complexity index is 561. The lowest BCUT2D eigenvalue weighted by Crippen LogP contribution is -2.29. The highest BCUT2D eigenvalue weighted by atomic mass is 16.3. The second-order valence-electron chi connectivity index (χ2n) is 4.34. The molecule has 1 aromatic carbocycles. The Labute approximate surface area is 98.4 Å². The molecule has 0 aliphatic carbocycles. The summed E-state index contributed by atoms with van der Waals surface area (Å²) in [5.74, 6) is -0.0634. The highest BCUT2D eigenvalue weighted by molar-refractivity contribution is 6.05. The van der Waals surface area contributed by atoms with E-state index >= 15 is 0 Å². The highest BCUT2D eigenvalue weighted by Crippen LogP contribution is 2.23. The predicted octanol–water partition coefficient (Wildman–Crippen LogP) is 1.64. The Balaban J connectivity index is 1.96. The molecule has 0 unspecified atom stereocenters. The van der Waals surface area contributed by atoms with Crippen LogP contribution in [-0.4, -0.2) is 35.1 Å². The quantitative estimate of drug-likeness (QED) is 0.811. The van der Waals surface area contributed by atoms with Crippen molar-refractivity contribution in [1.29, 1.82) is 0 Å². The second kappa shape index (κ2) is 3.89. The summed E-state index contributed by atoms with van der Waals surface area (Å²) in [6, 6.07) is 7.47. The van der Waals surface area contributed by atoms with Crippen LogP contribution >= 0.6 is 0 Å². The van der Waals surface area contributed by atoms with E-state index in [9.17, 15) is 9.90 Å². The van der Waals surface area contributed by atoms with Crippen LogP contribution in [0.1, 0.15) is 16.8 Å². The van der Waals surface area contributed by atoms with E-state index in [-0.39, 0.29) is 5.91 Å². The number of aliphatic hydroxyl groups excluding tert-OH is 1. The van der Waals surface area contributed by atoms with Gasteiger partial charge in [0.25, 0.3) is 5.91 Å². The van der Waals surface area contributed by atoms with Gasteiger partial charge in [0, 0.05) is 18.5 Å². The highest BCUT2D eigenvalue weighted by Gasteiger charge is 2.27. The third-order valence-corrected chi connectivity index (χ3v) is 3.16. The van der Waals surface area contributed by atoms with E-state index in [0.717, 1.165) is 11.0 Å². The molecule has 1 saturated heterocycles. The van der Waals surface area contributed by atoms with Crippen LogP contribution in [0.5, 0.6) is 0 Å². The fourth-order valence-corrected chi connectivity index (χ4v) is 2.24. The third-order valence-electron chi connectivity index (χ3n) is 3.16. The third kappa shape index (κ3) is 1.70. The van der Waals surface area contributed by atoms with Crippen LogP contribution in [-0.2, 0) is 0 Å². The number of nitrogens with zero attached hydrogens (tertiary/aromatic N) is 1. The molecule has 2 heterocycles. The number of carbonyl (C=O) groups is 1. The number of hydrogen-bond donors (Lipinski definition) is 1. The molecule has 4 nitrogen and oxygen atoms in total. The molecular weight excluding hydrogens is 218 g/mol. The SMILES string of the molecule is O=C(c1coc2ccccc12)N1CC[C@H](O)C1. The number of furan rings is 1. The molecular formula is C13H13NO3. The van der Waals surface area contributed by atoms with Crippen molar-refractivity contribution in [1.82, 2.24) is 4.90 Å². The zero-order valence-electron chi connectivity index (χ0n) is 9.30. The van der Waals surface area contributed by atoms with E-state index in [4.69, 9.17) is 4.42 Å². The van der Waals surface area contributed by atoms with Crippen LogP contribution < -0.4 is 0 Å². The molecule has 1 N–H and O–H groups in total. The Morgan fingerprint density at radius 2 is 2.24 bits per heavy atom. The molecule has 1 atom stereocenters. The molecule has 1 aromatic heterocycles. The molecule has 3 rings (SSSR count). The summed E-state index contributed by atoms with van der Waals surface area (Å²) >= 11 is 0. The van der Waals surface area contributed by atoms with E-state index in [1.54, 1.807) is 4.90 Å². The van der Waals surface area contributed by atoms with Crippen molar-refractivity contribution in [2.45, 2.75) is 12.5 Å². The number of likely N-dealkylation sites (tertiary alicyclic amines) is 1. The molecule has 4 heteroatoms. The Morgan fingerprint density at radius 1 is 1.41 bits per heavy atom. The first-order valence-electron chi connectivity index (χ1n) is 5.69. The van der Waals surface area contributed by atoms with Crippen molar-refractivity contribution in [3.63, 3.8) is 0 Å². The van der Waals surface area contributed by atoms with E-state index in [2.05, 4.69) is 0 Å². The van der Waals surface area contributed by atoms with Crippen molar-refractivity contribution in [2.24, 2.45) is 0 Å².